The molecule has 3 aromatic carbocycles. The predicted octanol–water partition coefficient (Wildman–Crippen LogP) is 7.27. The molecule has 0 atom stereocenters. The van der Waals surface area contributed by atoms with Crippen molar-refractivity contribution < 1.29 is 4.74 Å². The summed E-state index contributed by atoms with van der Waals surface area (Å²) in [6.07, 6.45) is 7.37. The maximum atomic E-state index is 13.5. The molecular formula is C28H25BrIN3O2. The molecular weight excluding hydrogens is 617 g/mol. The van der Waals surface area contributed by atoms with Gasteiger partial charge in [0.15, 0.2) is 0 Å². The first kappa shape index (κ1) is 24.2. The van der Waals surface area contributed by atoms with Crippen LogP contribution >= 0.6 is 38.5 Å². The SMILES string of the molecule is O=c1c2cc(Br)ccc2nc(C2CCCCC2)n1N=Cc1ccc(OCc2ccccc2)c(I)c1. The van der Waals surface area contributed by atoms with Crippen molar-refractivity contribution in [1.82, 2.24) is 9.66 Å². The fourth-order valence-electron chi connectivity index (χ4n) is 4.48. The number of nitrogens with zero attached hydrogens (tertiary/aromatic N) is 3. The van der Waals surface area contributed by atoms with Crippen LogP contribution in [0.25, 0.3) is 10.9 Å². The van der Waals surface area contributed by atoms with Gasteiger partial charge >= 0.3 is 0 Å². The van der Waals surface area contributed by atoms with E-state index < -0.39 is 0 Å². The maximum Gasteiger partial charge on any atom is 0.282 e. The summed E-state index contributed by atoms with van der Waals surface area (Å²) in [7, 11) is 0. The Hall–Kier alpha value is -2.52. The minimum Gasteiger partial charge on any atom is -0.488 e. The van der Waals surface area contributed by atoms with Gasteiger partial charge in [-0.25, -0.2) is 4.98 Å². The molecule has 1 aliphatic carbocycles. The Morgan fingerprint density at radius 2 is 1.86 bits per heavy atom. The molecule has 0 radical (unpaired) electrons. The standard InChI is InChI=1S/C28H25BrIN3O2/c29-22-12-13-25-23(16-22)28(34)33(27(32-25)21-9-5-2-6-10-21)31-17-20-11-14-26(24(30)15-20)35-18-19-7-3-1-4-8-19/h1,3-4,7-8,11-17,21H,2,5-6,9-10,18H2. The molecule has 0 unspecified atom stereocenters. The van der Waals surface area contributed by atoms with Gasteiger partial charge in [-0.15, -0.1) is 0 Å². The van der Waals surface area contributed by atoms with Gasteiger partial charge in [-0.05, 0) is 83.0 Å². The number of aromatic nitrogens is 2. The molecule has 0 N–H and O–H groups in total. The lowest BCUT2D eigenvalue weighted by atomic mass is 9.88. The predicted molar refractivity (Wildman–Crippen MR) is 152 cm³/mol. The number of fused-ring (bicyclic) bond motifs is 1. The van der Waals surface area contributed by atoms with Gasteiger partial charge in [-0.2, -0.15) is 9.78 Å². The van der Waals surface area contributed by atoms with Crippen molar-refractivity contribution in [3.63, 3.8) is 0 Å². The molecule has 1 aliphatic rings. The lowest BCUT2D eigenvalue weighted by Crippen LogP contribution is -2.25. The molecule has 1 heterocycles. The monoisotopic (exact) mass is 641 g/mol. The number of ether oxygens (including phenoxy) is 1. The van der Waals surface area contributed by atoms with E-state index in [1.54, 1.807) is 6.21 Å². The van der Waals surface area contributed by atoms with Crippen LogP contribution in [0.2, 0.25) is 0 Å². The normalized spacial score (nSPS) is 14.6. The van der Waals surface area contributed by atoms with Crippen molar-refractivity contribution in [2.75, 3.05) is 0 Å². The lowest BCUT2D eigenvalue weighted by molar-refractivity contribution is 0.304. The van der Waals surface area contributed by atoms with Crippen molar-refractivity contribution >= 4 is 55.6 Å². The first-order chi connectivity index (χ1) is 17.1. The van der Waals surface area contributed by atoms with Gasteiger partial charge < -0.3 is 4.74 Å². The van der Waals surface area contributed by atoms with Crippen LogP contribution in [0.1, 0.15) is 55.0 Å². The van der Waals surface area contributed by atoms with Crippen molar-refractivity contribution in [3.05, 3.63) is 102 Å². The first-order valence-corrected chi connectivity index (χ1v) is 13.7. The zero-order chi connectivity index (χ0) is 24.2. The van der Waals surface area contributed by atoms with Crippen LogP contribution in [-0.2, 0) is 6.61 Å². The quantitative estimate of drug-likeness (QED) is 0.164. The Bertz CT molecular complexity index is 1430. The second kappa shape index (κ2) is 11.0. The summed E-state index contributed by atoms with van der Waals surface area (Å²) in [5.41, 5.74) is 2.61. The highest BCUT2D eigenvalue weighted by Crippen LogP contribution is 2.32. The zero-order valence-electron chi connectivity index (χ0n) is 19.2. The topological polar surface area (TPSA) is 56.5 Å². The van der Waals surface area contributed by atoms with E-state index in [4.69, 9.17) is 9.72 Å². The third-order valence-electron chi connectivity index (χ3n) is 6.32. The molecule has 178 valence electrons. The van der Waals surface area contributed by atoms with Crippen LogP contribution in [0.15, 0.2) is 81.1 Å². The van der Waals surface area contributed by atoms with Crippen LogP contribution in [0.4, 0.5) is 0 Å². The number of halogens is 2. The fraction of sp³-hybridized carbons (Fsp3) is 0.250. The summed E-state index contributed by atoms with van der Waals surface area (Å²) in [4.78, 5) is 18.4. The molecule has 4 aromatic rings. The van der Waals surface area contributed by atoms with Gasteiger partial charge in [0.05, 0.1) is 20.7 Å². The third kappa shape index (κ3) is 5.67. The largest absolute Gasteiger partial charge is 0.488 e. The van der Waals surface area contributed by atoms with Crippen molar-refractivity contribution in [1.29, 1.82) is 0 Å². The Kier molecular flexibility index (Phi) is 7.63. The molecule has 1 fully saturated rings. The Balaban J connectivity index is 1.45. The summed E-state index contributed by atoms with van der Waals surface area (Å²) in [6, 6.07) is 21.7. The summed E-state index contributed by atoms with van der Waals surface area (Å²) >= 11 is 5.75. The number of hydrogen-bond acceptors (Lipinski definition) is 4. The zero-order valence-corrected chi connectivity index (χ0v) is 22.9. The Morgan fingerprint density at radius 3 is 2.63 bits per heavy atom. The minimum absolute atomic E-state index is 0.134. The van der Waals surface area contributed by atoms with E-state index in [2.05, 4.69) is 43.6 Å². The van der Waals surface area contributed by atoms with Crippen LogP contribution in [-0.4, -0.2) is 15.9 Å². The van der Waals surface area contributed by atoms with Gasteiger partial charge in [0.25, 0.3) is 5.56 Å². The van der Waals surface area contributed by atoms with Gasteiger partial charge in [0.1, 0.15) is 18.2 Å². The fourth-order valence-corrected chi connectivity index (χ4v) is 5.53. The van der Waals surface area contributed by atoms with Crippen LogP contribution in [0.5, 0.6) is 5.75 Å². The molecule has 0 spiro atoms. The highest BCUT2D eigenvalue weighted by molar-refractivity contribution is 14.1. The second-order valence-corrected chi connectivity index (χ2v) is 10.9. The number of hydrogen-bond donors (Lipinski definition) is 0. The van der Waals surface area contributed by atoms with Crippen molar-refractivity contribution in [3.8, 4) is 5.75 Å². The number of benzene rings is 3. The molecule has 0 amide bonds. The van der Waals surface area contributed by atoms with Gasteiger partial charge in [-0.1, -0.05) is 65.5 Å². The van der Waals surface area contributed by atoms with E-state index in [-0.39, 0.29) is 11.5 Å². The Morgan fingerprint density at radius 1 is 1.06 bits per heavy atom. The highest BCUT2D eigenvalue weighted by Gasteiger charge is 2.22. The van der Waals surface area contributed by atoms with E-state index in [0.717, 1.165) is 61.9 Å². The average molecular weight is 642 g/mol. The Labute approximate surface area is 226 Å². The van der Waals surface area contributed by atoms with E-state index in [0.29, 0.717) is 12.0 Å². The van der Waals surface area contributed by atoms with Gasteiger partial charge in [-0.3, -0.25) is 4.79 Å². The molecule has 5 nitrogen and oxygen atoms in total. The van der Waals surface area contributed by atoms with E-state index in [1.165, 1.54) is 11.1 Å². The highest BCUT2D eigenvalue weighted by atomic mass is 127. The van der Waals surface area contributed by atoms with Gasteiger partial charge in [0.2, 0.25) is 0 Å². The molecule has 35 heavy (non-hydrogen) atoms. The average Bonchev–Trinajstić information content (AvgIpc) is 2.89. The summed E-state index contributed by atoms with van der Waals surface area (Å²) in [5.74, 6) is 1.83. The van der Waals surface area contributed by atoms with E-state index in [1.807, 2.05) is 66.7 Å². The van der Waals surface area contributed by atoms with Crippen LogP contribution in [0.3, 0.4) is 0 Å². The first-order valence-electron chi connectivity index (χ1n) is 11.8. The van der Waals surface area contributed by atoms with Crippen LogP contribution < -0.4 is 10.3 Å². The minimum atomic E-state index is -0.134. The molecule has 0 saturated heterocycles. The van der Waals surface area contributed by atoms with E-state index in [9.17, 15) is 4.79 Å². The van der Waals surface area contributed by atoms with Gasteiger partial charge in [0, 0.05) is 10.4 Å². The molecule has 5 rings (SSSR count). The summed E-state index contributed by atoms with van der Waals surface area (Å²) in [6.45, 7) is 0.517. The van der Waals surface area contributed by atoms with Crippen LogP contribution in [0, 0.1) is 3.57 Å². The van der Waals surface area contributed by atoms with Crippen molar-refractivity contribution in [2.45, 2.75) is 44.6 Å². The summed E-state index contributed by atoms with van der Waals surface area (Å²) < 4.78 is 9.35. The van der Waals surface area contributed by atoms with Crippen molar-refractivity contribution in [2.24, 2.45) is 5.10 Å². The molecule has 0 aliphatic heterocycles. The molecule has 0 bridgehead atoms. The summed E-state index contributed by atoms with van der Waals surface area (Å²) in [5, 5.41) is 5.22. The second-order valence-electron chi connectivity index (χ2n) is 8.79. The smallest absolute Gasteiger partial charge is 0.282 e. The molecule has 1 saturated carbocycles. The maximum absolute atomic E-state index is 13.5. The lowest BCUT2D eigenvalue weighted by Gasteiger charge is -2.22. The molecule has 1 aromatic heterocycles. The molecule has 7 heteroatoms. The third-order valence-corrected chi connectivity index (χ3v) is 7.66. The van der Waals surface area contributed by atoms with E-state index >= 15 is 0 Å². The number of rotatable bonds is 6.